The highest BCUT2D eigenvalue weighted by Crippen LogP contribution is 2.24. The van der Waals surface area contributed by atoms with E-state index in [0.717, 1.165) is 12.2 Å². The molecule has 1 aromatic rings. The van der Waals surface area contributed by atoms with Crippen molar-refractivity contribution >= 4 is 16.5 Å². The molecular formula is C7H11N3S. The molecule has 11 heavy (non-hydrogen) atoms. The van der Waals surface area contributed by atoms with E-state index in [1.165, 1.54) is 24.2 Å². The standard InChI is InChI=1S/C7H11N3S/c8-7-10-6(4-11-7)5-2-1-3-9-5/h4-5,9H,1-3H2,(H2,8,10)/t5-/m1/s1. The maximum Gasteiger partial charge on any atom is 0.180 e. The summed E-state index contributed by atoms with van der Waals surface area (Å²) in [6.07, 6.45) is 2.45. The maximum atomic E-state index is 5.53. The van der Waals surface area contributed by atoms with E-state index >= 15 is 0 Å². The number of anilines is 1. The third-order valence-corrected chi connectivity index (χ3v) is 2.65. The largest absolute Gasteiger partial charge is 0.375 e. The van der Waals surface area contributed by atoms with E-state index in [9.17, 15) is 0 Å². The number of rotatable bonds is 1. The second kappa shape index (κ2) is 2.79. The highest BCUT2D eigenvalue weighted by Gasteiger charge is 2.17. The van der Waals surface area contributed by atoms with Gasteiger partial charge in [-0.3, -0.25) is 0 Å². The van der Waals surface area contributed by atoms with Gasteiger partial charge in [0.25, 0.3) is 0 Å². The molecule has 1 saturated heterocycles. The third kappa shape index (κ3) is 1.36. The minimum Gasteiger partial charge on any atom is -0.375 e. The highest BCUT2D eigenvalue weighted by molar-refractivity contribution is 7.13. The van der Waals surface area contributed by atoms with Gasteiger partial charge in [-0.2, -0.15) is 0 Å². The smallest absolute Gasteiger partial charge is 0.180 e. The van der Waals surface area contributed by atoms with Crippen LogP contribution in [0.1, 0.15) is 24.6 Å². The summed E-state index contributed by atoms with van der Waals surface area (Å²) in [6.45, 7) is 1.11. The van der Waals surface area contributed by atoms with Gasteiger partial charge in [0.15, 0.2) is 5.13 Å². The Balaban J connectivity index is 2.15. The van der Waals surface area contributed by atoms with E-state index in [2.05, 4.69) is 10.3 Å². The number of nitrogens with zero attached hydrogens (tertiary/aromatic N) is 1. The summed E-state index contributed by atoms with van der Waals surface area (Å²) in [7, 11) is 0. The Labute approximate surface area is 69.6 Å². The highest BCUT2D eigenvalue weighted by atomic mass is 32.1. The van der Waals surface area contributed by atoms with Crippen LogP contribution in [0.15, 0.2) is 5.38 Å². The van der Waals surface area contributed by atoms with Crippen LogP contribution in [-0.4, -0.2) is 11.5 Å². The van der Waals surface area contributed by atoms with Crippen molar-refractivity contribution < 1.29 is 0 Å². The van der Waals surface area contributed by atoms with Gasteiger partial charge in [0, 0.05) is 5.38 Å². The molecule has 1 aliphatic rings. The summed E-state index contributed by atoms with van der Waals surface area (Å²) >= 11 is 1.52. The van der Waals surface area contributed by atoms with Gasteiger partial charge in [0.1, 0.15) is 0 Å². The van der Waals surface area contributed by atoms with Crippen molar-refractivity contribution in [2.24, 2.45) is 0 Å². The Hall–Kier alpha value is -0.610. The van der Waals surface area contributed by atoms with Crippen molar-refractivity contribution in [2.45, 2.75) is 18.9 Å². The second-order valence-electron chi connectivity index (χ2n) is 2.76. The monoisotopic (exact) mass is 169 g/mol. The molecule has 0 aromatic carbocycles. The molecular weight excluding hydrogens is 158 g/mol. The predicted octanol–water partition coefficient (Wildman–Crippen LogP) is 1.15. The van der Waals surface area contributed by atoms with Crippen molar-refractivity contribution in [3.8, 4) is 0 Å². The lowest BCUT2D eigenvalue weighted by Gasteiger charge is -2.04. The minimum atomic E-state index is 0.462. The van der Waals surface area contributed by atoms with Crippen LogP contribution in [0.25, 0.3) is 0 Å². The summed E-state index contributed by atoms with van der Waals surface area (Å²) in [5, 5.41) is 6.09. The van der Waals surface area contributed by atoms with E-state index in [-0.39, 0.29) is 0 Å². The molecule has 2 heterocycles. The number of thiazole rings is 1. The molecule has 0 unspecified atom stereocenters. The Morgan fingerprint density at radius 2 is 2.64 bits per heavy atom. The number of nitrogens with one attached hydrogen (secondary N) is 1. The van der Waals surface area contributed by atoms with E-state index in [1.807, 2.05) is 5.38 Å². The third-order valence-electron chi connectivity index (χ3n) is 1.96. The zero-order valence-electron chi connectivity index (χ0n) is 6.21. The Kier molecular flexibility index (Phi) is 1.79. The summed E-state index contributed by atoms with van der Waals surface area (Å²) in [5.74, 6) is 0. The molecule has 1 aliphatic heterocycles. The van der Waals surface area contributed by atoms with Gasteiger partial charge in [-0.05, 0) is 19.4 Å². The first-order valence-corrected chi connectivity index (χ1v) is 4.68. The quantitative estimate of drug-likeness (QED) is 0.663. The number of nitrogens with two attached hydrogens (primary N) is 1. The minimum absolute atomic E-state index is 0.462. The molecule has 1 atom stereocenters. The van der Waals surface area contributed by atoms with Gasteiger partial charge in [-0.15, -0.1) is 11.3 Å². The molecule has 2 rings (SSSR count). The first kappa shape index (κ1) is 7.06. The van der Waals surface area contributed by atoms with Gasteiger partial charge >= 0.3 is 0 Å². The Bertz CT molecular complexity index is 240. The van der Waals surface area contributed by atoms with Gasteiger partial charge in [0.2, 0.25) is 0 Å². The van der Waals surface area contributed by atoms with Crippen molar-refractivity contribution in [1.29, 1.82) is 0 Å². The first-order chi connectivity index (χ1) is 5.36. The zero-order valence-corrected chi connectivity index (χ0v) is 7.03. The number of nitrogen functional groups attached to an aromatic ring is 1. The molecule has 0 saturated carbocycles. The lowest BCUT2D eigenvalue weighted by molar-refractivity contribution is 0.632. The lowest BCUT2D eigenvalue weighted by atomic mass is 10.2. The molecule has 0 bridgehead atoms. The fraction of sp³-hybridized carbons (Fsp3) is 0.571. The summed E-state index contributed by atoms with van der Waals surface area (Å²) in [6, 6.07) is 0.462. The number of hydrogen-bond acceptors (Lipinski definition) is 4. The zero-order chi connectivity index (χ0) is 7.68. The van der Waals surface area contributed by atoms with Crippen LogP contribution in [-0.2, 0) is 0 Å². The molecule has 3 N–H and O–H groups in total. The van der Waals surface area contributed by atoms with Crippen LogP contribution in [0.5, 0.6) is 0 Å². The van der Waals surface area contributed by atoms with E-state index < -0.39 is 0 Å². The van der Waals surface area contributed by atoms with Crippen molar-refractivity contribution in [2.75, 3.05) is 12.3 Å². The summed E-state index contributed by atoms with van der Waals surface area (Å²) in [5.41, 5.74) is 6.64. The van der Waals surface area contributed by atoms with E-state index in [0.29, 0.717) is 11.2 Å². The molecule has 0 aliphatic carbocycles. The van der Waals surface area contributed by atoms with Crippen LogP contribution < -0.4 is 11.1 Å². The van der Waals surface area contributed by atoms with Crippen molar-refractivity contribution in [3.05, 3.63) is 11.1 Å². The summed E-state index contributed by atoms with van der Waals surface area (Å²) < 4.78 is 0. The molecule has 3 nitrogen and oxygen atoms in total. The number of hydrogen-bond donors (Lipinski definition) is 2. The average Bonchev–Trinajstić information content (AvgIpc) is 2.55. The van der Waals surface area contributed by atoms with Gasteiger partial charge in [-0.25, -0.2) is 4.98 Å². The average molecular weight is 169 g/mol. The molecule has 60 valence electrons. The number of aromatic nitrogens is 1. The second-order valence-corrected chi connectivity index (χ2v) is 3.65. The predicted molar refractivity (Wildman–Crippen MR) is 46.5 cm³/mol. The van der Waals surface area contributed by atoms with Gasteiger partial charge < -0.3 is 11.1 Å². The fourth-order valence-electron chi connectivity index (χ4n) is 1.40. The molecule has 0 radical (unpaired) electrons. The van der Waals surface area contributed by atoms with Gasteiger partial charge in [-0.1, -0.05) is 0 Å². The normalized spacial score (nSPS) is 24.2. The fourth-order valence-corrected chi connectivity index (χ4v) is 2.01. The molecule has 0 spiro atoms. The Morgan fingerprint density at radius 3 is 3.18 bits per heavy atom. The first-order valence-electron chi connectivity index (χ1n) is 3.80. The van der Waals surface area contributed by atoms with E-state index in [1.54, 1.807) is 0 Å². The van der Waals surface area contributed by atoms with Crippen LogP contribution >= 0.6 is 11.3 Å². The summed E-state index contributed by atoms with van der Waals surface area (Å²) in [4.78, 5) is 4.23. The van der Waals surface area contributed by atoms with Crippen molar-refractivity contribution in [1.82, 2.24) is 10.3 Å². The van der Waals surface area contributed by atoms with E-state index in [4.69, 9.17) is 5.73 Å². The topological polar surface area (TPSA) is 50.9 Å². The Morgan fingerprint density at radius 1 is 1.73 bits per heavy atom. The molecule has 1 aromatic heterocycles. The van der Waals surface area contributed by atoms with Crippen LogP contribution in [0, 0.1) is 0 Å². The van der Waals surface area contributed by atoms with Crippen molar-refractivity contribution in [3.63, 3.8) is 0 Å². The SMILES string of the molecule is Nc1nc([C@H]2CCCN2)cs1. The van der Waals surface area contributed by atoms with Crippen LogP contribution in [0.3, 0.4) is 0 Å². The molecule has 4 heteroatoms. The molecule has 0 amide bonds. The van der Waals surface area contributed by atoms with Crippen LogP contribution in [0.2, 0.25) is 0 Å². The van der Waals surface area contributed by atoms with Gasteiger partial charge in [0.05, 0.1) is 11.7 Å². The van der Waals surface area contributed by atoms with Crippen LogP contribution in [0.4, 0.5) is 5.13 Å². The molecule has 1 fully saturated rings. The lowest BCUT2D eigenvalue weighted by Crippen LogP contribution is -2.13. The maximum absolute atomic E-state index is 5.53.